The summed E-state index contributed by atoms with van der Waals surface area (Å²) >= 11 is 0. The number of nitrogens with zero attached hydrogens (tertiary/aromatic N) is 2. The number of carbonyl (C=O) groups excluding carboxylic acids is 1. The van der Waals surface area contributed by atoms with E-state index in [4.69, 9.17) is 5.84 Å². The van der Waals surface area contributed by atoms with Crippen LogP contribution >= 0.6 is 0 Å². The molecule has 5 nitrogen and oxygen atoms in total. The number of nitrogen functional groups attached to an aromatic ring is 1. The highest BCUT2D eigenvalue weighted by molar-refractivity contribution is 5.99. The maximum Gasteiger partial charge on any atom is 0.256 e. The van der Waals surface area contributed by atoms with Crippen LogP contribution in [0, 0.1) is 6.92 Å². The predicted octanol–water partition coefficient (Wildman–Crippen LogP) is 1.95. The second kappa shape index (κ2) is 6.16. The zero-order valence-electron chi connectivity index (χ0n) is 11.6. The first-order chi connectivity index (χ1) is 9.61. The Morgan fingerprint density at radius 2 is 2.20 bits per heavy atom. The summed E-state index contributed by atoms with van der Waals surface area (Å²) in [6.45, 7) is 2.58. The number of nitrogens with two attached hydrogens (primary N) is 1. The molecule has 0 spiro atoms. The monoisotopic (exact) mass is 270 g/mol. The van der Waals surface area contributed by atoms with E-state index in [1.807, 2.05) is 25.1 Å². The summed E-state index contributed by atoms with van der Waals surface area (Å²) in [4.78, 5) is 18.0. The van der Waals surface area contributed by atoms with Crippen LogP contribution in [0.1, 0.15) is 21.5 Å². The maximum absolute atomic E-state index is 12.4. The van der Waals surface area contributed by atoms with Gasteiger partial charge in [0.15, 0.2) is 0 Å². The molecule has 0 radical (unpaired) electrons. The topological polar surface area (TPSA) is 71.2 Å². The van der Waals surface area contributed by atoms with Crippen molar-refractivity contribution in [3.63, 3.8) is 0 Å². The smallest absolute Gasteiger partial charge is 0.256 e. The average molecular weight is 270 g/mol. The summed E-state index contributed by atoms with van der Waals surface area (Å²) in [7, 11) is 1.77. The number of anilines is 1. The van der Waals surface area contributed by atoms with E-state index in [1.165, 1.54) is 11.8 Å². The molecule has 0 atom stereocenters. The summed E-state index contributed by atoms with van der Waals surface area (Å²) in [6.07, 6.45) is 3.11. The molecule has 0 unspecified atom stereocenters. The number of pyridine rings is 1. The SMILES string of the molecule is Cc1cccc(CN(C)C(=O)c2ccncc2NN)c1. The van der Waals surface area contributed by atoms with Crippen molar-refractivity contribution in [1.29, 1.82) is 0 Å². The van der Waals surface area contributed by atoms with E-state index in [0.717, 1.165) is 5.56 Å². The molecular formula is C15H18N4O. The minimum absolute atomic E-state index is 0.0955. The highest BCUT2D eigenvalue weighted by Crippen LogP contribution is 2.15. The minimum Gasteiger partial charge on any atom is -0.337 e. The quantitative estimate of drug-likeness (QED) is 0.658. The summed E-state index contributed by atoms with van der Waals surface area (Å²) in [5.41, 5.74) is 5.80. The van der Waals surface area contributed by atoms with Crippen LogP contribution in [0.4, 0.5) is 5.69 Å². The molecule has 0 bridgehead atoms. The molecule has 3 N–H and O–H groups in total. The molecule has 2 rings (SSSR count). The van der Waals surface area contributed by atoms with Gasteiger partial charge in [-0.05, 0) is 18.6 Å². The Bertz CT molecular complexity index is 612. The number of benzene rings is 1. The predicted molar refractivity (Wildman–Crippen MR) is 79.0 cm³/mol. The number of aryl methyl sites for hydroxylation is 1. The van der Waals surface area contributed by atoms with Crippen LogP contribution in [0.2, 0.25) is 0 Å². The molecule has 0 saturated carbocycles. The summed E-state index contributed by atoms with van der Waals surface area (Å²) in [5, 5.41) is 0. The van der Waals surface area contributed by atoms with Crippen molar-refractivity contribution in [3.8, 4) is 0 Å². The third kappa shape index (κ3) is 3.13. The van der Waals surface area contributed by atoms with Crippen LogP contribution in [0.15, 0.2) is 42.7 Å². The molecule has 2 aromatic rings. The number of hydrogen-bond donors (Lipinski definition) is 2. The standard InChI is InChI=1S/C15H18N4O/c1-11-4-3-5-12(8-11)10-19(2)15(20)13-6-7-17-9-14(13)18-16/h3-9,18H,10,16H2,1-2H3. The number of hydrogen-bond acceptors (Lipinski definition) is 4. The Morgan fingerprint density at radius 3 is 2.90 bits per heavy atom. The van der Waals surface area contributed by atoms with Crippen LogP contribution in [0.3, 0.4) is 0 Å². The van der Waals surface area contributed by atoms with Gasteiger partial charge in [0.2, 0.25) is 0 Å². The van der Waals surface area contributed by atoms with E-state index in [9.17, 15) is 4.79 Å². The first kappa shape index (κ1) is 14.0. The lowest BCUT2D eigenvalue weighted by Crippen LogP contribution is -2.27. The Morgan fingerprint density at radius 1 is 1.40 bits per heavy atom. The molecule has 1 amide bonds. The second-order valence-electron chi connectivity index (χ2n) is 4.72. The average Bonchev–Trinajstić information content (AvgIpc) is 2.46. The van der Waals surface area contributed by atoms with Gasteiger partial charge < -0.3 is 10.3 Å². The molecule has 0 aliphatic carbocycles. The molecule has 1 aromatic carbocycles. The summed E-state index contributed by atoms with van der Waals surface area (Å²) in [6, 6.07) is 9.75. The van der Waals surface area contributed by atoms with E-state index in [-0.39, 0.29) is 5.91 Å². The highest BCUT2D eigenvalue weighted by Gasteiger charge is 2.15. The first-order valence-electron chi connectivity index (χ1n) is 6.33. The van der Waals surface area contributed by atoms with Gasteiger partial charge >= 0.3 is 0 Å². The van der Waals surface area contributed by atoms with Gasteiger partial charge in [0.1, 0.15) is 0 Å². The number of rotatable bonds is 4. The Hall–Kier alpha value is -2.40. The molecule has 1 heterocycles. The van der Waals surface area contributed by atoms with Crippen molar-refractivity contribution >= 4 is 11.6 Å². The summed E-state index contributed by atoms with van der Waals surface area (Å²) < 4.78 is 0. The van der Waals surface area contributed by atoms with Gasteiger partial charge in [0.05, 0.1) is 17.4 Å². The molecule has 0 fully saturated rings. The van der Waals surface area contributed by atoms with Crippen molar-refractivity contribution in [1.82, 2.24) is 9.88 Å². The molecule has 0 saturated heterocycles. The molecule has 5 heteroatoms. The number of aromatic nitrogens is 1. The van der Waals surface area contributed by atoms with Crippen molar-refractivity contribution in [3.05, 3.63) is 59.4 Å². The Labute approximate surface area is 118 Å². The first-order valence-corrected chi connectivity index (χ1v) is 6.33. The van der Waals surface area contributed by atoms with Crippen LogP contribution < -0.4 is 11.3 Å². The van der Waals surface area contributed by atoms with E-state index in [1.54, 1.807) is 24.2 Å². The van der Waals surface area contributed by atoms with Gasteiger partial charge in [0.25, 0.3) is 5.91 Å². The lowest BCUT2D eigenvalue weighted by molar-refractivity contribution is 0.0786. The highest BCUT2D eigenvalue weighted by atomic mass is 16.2. The maximum atomic E-state index is 12.4. The Kier molecular flexibility index (Phi) is 4.32. The molecule has 0 aliphatic rings. The zero-order valence-corrected chi connectivity index (χ0v) is 11.6. The van der Waals surface area contributed by atoms with E-state index in [2.05, 4.69) is 16.5 Å². The fraction of sp³-hybridized carbons (Fsp3) is 0.200. The van der Waals surface area contributed by atoms with Gasteiger partial charge in [-0.25, -0.2) is 0 Å². The Balaban J connectivity index is 2.16. The zero-order chi connectivity index (χ0) is 14.5. The van der Waals surface area contributed by atoms with Crippen molar-refractivity contribution in [2.75, 3.05) is 12.5 Å². The van der Waals surface area contributed by atoms with Crippen LogP contribution in [0.5, 0.6) is 0 Å². The minimum atomic E-state index is -0.0955. The van der Waals surface area contributed by atoms with Crippen LogP contribution in [0.25, 0.3) is 0 Å². The molecule has 20 heavy (non-hydrogen) atoms. The lowest BCUT2D eigenvalue weighted by atomic mass is 10.1. The van der Waals surface area contributed by atoms with Gasteiger partial charge in [-0.1, -0.05) is 29.8 Å². The molecule has 1 aromatic heterocycles. The normalized spacial score (nSPS) is 10.2. The fourth-order valence-corrected chi connectivity index (χ4v) is 2.06. The van der Waals surface area contributed by atoms with Gasteiger partial charge in [0, 0.05) is 19.8 Å². The lowest BCUT2D eigenvalue weighted by Gasteiger charge is -2.19. The molecule has 104 valence electrons. The largest absolute Gasteiger partial charge is 0.337 e. The van der Waals surface area contributed by atoms with Crippen molar-refractivity contribution in [2.24, 2.45) is 5.84 Å². The second-order valence-corrected chi connectivity index (χ2v) is 4.72. The number of amides is 1. The molecular weight excluding hydrogens is 252 g/mol. The van der Waals surface area contributed by atoms with Gasteiger partial charge in [-0.3, -0.25) is 15.6 Å². The van der Waals surface area contributed by atoms with E-state index >= 15 is 0 Å². The van der Waals surface area contributed by atoms with Crippen molar-refractivity contribution in [2.45, 2.75) is 13.5 Å². The summed E-state index contributed by atoms with van der Waals surface area (Å²) in [5.74, 6) is 5.30. The van der Waals surface area contributed by atoms with Crippen LogP contribution in [-0.2, 0) is 6.54 Å². The number of carbonyl (C=O) groups is 1. The van der Waals surface area contributed by atoms with Crippen LogP contribution in [-0.4, -0.2) is 22.8 Å². The molecule has 0 aliphatic heterocycles. The number of nitrogens with one attached hydrogen (secondary N) is 1. The fourth-order valence-electron chi connectivity index (χ4n) is 2.06. The van der Waals surface area contributed by atoms with E-state index in [0.29, 0.717) is 17.8 Å². The third-order valence-corrected chi connectivity index (χ3v) is 3.06. The number of hydrazine groups is 1. The van der Waals surface area contributed by atoms with Gasteiger partial charge in [-0.15, -0.1) is 0 Å². The van der Waals surface area contributed by atoms with E-state index < -0.39 is 0 Å². The third-order valence-electron chi connectivity index (χ3n) is 3.06. The van der Waals surface area contributed by atoms with Gasteiger partial charge in [-0.2, -0.15) is 0 Å². The van der Waals surface area contributed by atoms with Crippen molar-refractivity contribution < 1.29 is 4.79 Å².